The van der Waals surface area contributed by atoms with Gasteiger partial charge >= 0.3 is 11.9 Å². The Morgan fingerprint density at radius 2 is 1.48 bits per heavy atom. The van der Waals surface area contributed by atoms with Crippen LogP contribution < -0.4 is 0 Å². The first-order valence-electron chi connectivity index (χ1n) is 7.54. The van der Waals surface area contributed by atoms with Crippen LogP contribution in [-0.4, -0.2) is 62.8 Å². The van der Waals surface area contributed by atoms with Crippen LogP contribution in [0.3, 0.4) is 0 Å². The van der Waals surface area contributed by atoms with E-state index in [1.807, 2.05) is 12.2 Å². The Morgan fingerprint density at radius 1 is 0.957 bits per heavy atom. The molecule has 2 unspecified atom stereocenters. The van der Waals surface area contributed by atoms with E-state index in [2.05, 4.69) is 0 Å². The van der Waals surface area contributed by atoms with Gasteiger partial charge in [0.1, 0.15) is 16.6 Å². The van der Waals surface area contributed by atoms with E-state index in [0.29, 0.717) is 0 Å². The van der Waals surface area contributed by atoms with Gasteiger partial charge in [-0.1, -0.05) is 24.3 Å². The molecule has 4 bridgehead atoms. The van der Waals surface area contributed by atoms with Crippen LogP contribution in [0.5, 0.6) is 0 Å². The Balaban J connectivity index is 1.91. The molecule has 5 heterocycles. The van der Waals surface area contributed by atoms with Crippen molar-refractivity contribution < 1.29 is 33.3 Å². The fourth-order valence-electron chi connectivity index (χ4n) is 5.62. The fourth-order valence-corrected chi connectivity index (χ4v) is 5.62. The molecule has 0 saturated carbocycles. The molecule has 7 heteroatoms. The topological polar surface area (TPSA) is 80.3 Å². The normalized spacial score (nSPS) is 53.5. The van der Waals surface area contributed by atoms with Gasteiger partial charge in [0.05, 0.1) is 39.6 Å². The zero-order valence-electron chi connectivity index (χ0n) is 12.7. The van der Waals surface area contributed by atoms with E-state index in [-0.39, 0.29) is 13.2 Å². The van der Waals surface area contributed by atoms with Gasteiger partial charge in [0.2, 0.25) is 0 Å². The number of hydrogen-bond donors (Lipinski definition) is 0. The summed E-state index contributed by atoms with van der Waals surface area (Å²) in [6.07, 6.45) is 6.00. The van der Waals surface area contributed by atoms with E-state index in [0.717, 1.165) is 0 Å². The molecule has 0 N–H and O–H groups in total. The average molecular weight is 320 g/mol. The van der Waals surface area contributed by atoms with Crippen molar-refractivity contribution in [3.63, 3.8) is 0 Å². The highest BCUT2D eigenvalue weighted by atomic mass is 16.6. The van der Waals surface area contributed by atoms with Crippen molar-refractivity contribution in [2.75, 3.05) is 27.4 Å². The van der Waals surface area contributed by atoms with Gasteiger partial charge in [-0.2, -0.15) is 0 Å². The highest BCUT2D eigenvalue weighted by Crippen LogP contribution is 2.77. The first-order valence-corrected chi connectivity index (χ1v) is 7.54. The zero-order valence-corrected chi connectivity index (χ0v) is 12.7. The molecule has 2 spiro atoms. The van der Waals surface area contributed by atoms with Gasteiger partial charge in [-0.3, -0.25) is 9.59 Å². The summed E-state index contributed by atoms with van der Waals surface area (Å²) in [5, 5.41) is 0. The van der Waals surface area contributed by atoms with E-state index in [9.17, 15) is 9.59 Å². The molecule has 0 radical (unpaired) electrons. The van der Waals surface area contributed by atoms with Crippen LogP contribution in [0.4, 0.5) is 0 Å². The van der Waals surface area contributed by atoms with Crippen molar-refractivity contribution in [1.29, 1.82) is 0 Å². The standard InChI is InChI=1S/C16H16O7/c1-19-11(17)15-9-3-5-13(22-9)7-21-8-14(6-4-10(15)23-14)16(13,15)12(18)20-2/h3-6,9-10H,7-8H2,1-2H3/t9-,10+,13-,14+,15?,16?. The molecule has 0 aromatic rings. The maximum absolute atomic E-state index is 13.1. The lowest BCUT2D eigenvalue weighted by Crippen LogP contribution is -2.74. The maximum atomic E-state index is 13.1. The summed E-state index contributed by atoms with van der Waals surface area (Å²) in [5.74, 6) is -1.04. The smallest absolute Gasteiger partial charge is 0.320 e. The number of carbonyl (C=O) groups is 2. The Kier molecular flexibility index (Phi) is 2.20. The number of fused-ring (bicyclic) bond motifs is 4. The SMILES string of the molecule is COC(=O)C12[C@@H]3C=C[C@@]4(COC[C@]5(C=C[C@H]1O5)C24C(=O)OC)O3. The van der Waals surface area contributed by atoms with Crippen LogP contribution in [-0.2, 0) is 33.3 Å². The van der Waals surface area contributed by atoms with Crippen molar-refractivity contribution in [2.45, 2.75) is 23.4 Å². The Morgan fingerprint density at radius 3 is 1.96 bits per heavy atom. The van der Waals surface area contributed by atoms with Crippen LogP contribution in [0, 0.1) is 10.8 Å². The van der Waals surface area contributed by atoms with E-state index >= 15 is 0 Å². The second kappa shape index (κ2) is 3.68. The molecule has 0 aromatic carbocycles. The van der Waals surface area contributed by atoms with E-state index < -0.39 is 46.2 Å². The van der Waals surface area contributed by atoms with Gasteiger partial charge in [-0.05, 0) is 0 Å². The molecule has 0 aliphatic carbocycles. The molecule has 122 valence electrons. The van der Waals surface area contributed by atoms with E-state index in [1.165, 1.54) is 14.2 Å². The molecule has 0 amide bonds. The number of rotatable bonds is 2. The number of carbonyl (C=O) groups excluding carboxylic acids is 2. The lowest BCUT2D eigenvalue weighted by Gasteiger charge is -2.54. The highest BCUT2D eigenvalue weighted by molar-refractivity contribution is 5.97. The molecule has 7 nitrogen and oxygen atoms in total. The number of ether oxygens (including phenoxy) is 5. The summed E-state index contributed by atoms with van der Waals surface area (Å²) < 4.78 is 28.3. The van der Waals surface area contributed by atoms with Gasteiger partial charge in [-0.15, -0.1) is 0 Å². The van der Waals surface area contributed by atoms with Gasteiger partial charge in [0.15, 0.2) is 5.41 Å². The molecule has 5 aliphatic heterocycles. The first-order chi connectivity index (χ1) is 11.0. The molecule has 3 fully saturated rings. The van der Waals surface area contributed by atoms with Gasteiger partial charge in [-0.25, -0.2) is 0 Å². The second-order valence-electron chi connectivity index (χ2n) is 6.67. The van der Waals surface area contributed by atoms with Crippen molar-refractivity contribution in [3.8, 4) is 0 Å². The number of hydrogen-bond acceptors (Lipinski definition) is 7. The number of methoxy groups -OCH3 is 2. The molecule has 5 rings (SSSR count). The summed E-state index contributed by atoms with van der Waals surface area (Å²) in [6.45, 7) is 0.332. The van der Waals surface area contributed by atoms with Crippen LogP contribution in [0.2, 0.25) is 0 Å². The van der Waals surface area contributed by atoms with Crippen LogP contribution >= 0.6 is 0 Å². The largest absolute Gasteiger partial charge is 0.468 e. The van der Waals surface area contributed by atoms with Gasteiger partial charge < -0.3 is 23.7 Å². The van der Waals surface area contributed by atoms with Crippen LogP contribution in [0.25, 0.3) is 0 Å². The first kappa shape index (κ1) is 13.7. The third-order valence-electron chi connectivity index (χ3n) is 6.19. The molecular weight excluding hydrogens is 304 g/mol. The summed E-state index contributed by atoms with van der Waals surface area (Å²) in [4.78, 5) is 26.1. The fraction of sp³-hybridized carbons (Fsp3) is 0.625. The monoisotopic (exact) mass is 320 g/mol. The summed E-state index contributed by atoms with van der Waals surface area (Å²) in [5.41, 5.74) is -4.80. The molecule has 6 atom stereocenters. The lowest BCUT2D eigenvalue weighted by molar-refractivity contribution is -0.223. The predicted octanol–water partition coefficient (Wildman–Crippen LogP) is -0.250. The second-order valence-corrected chi connectivity index (χ2v) is 6.67. The quantitative estimate of drug-likeness (QED) is 0.513. The van der Waals surface area contributed by atoms with Gasteiger partial charge in [0.25, 0.3) is 0 Å². The summed E-state index contributed by atoms with van der Waals surface area (Å²) >= 11 is 0. The summed E-state index contributed by atoms with van der Waals surface area (Å²) in [7, 11) is 2.63. The Labute approximate surface area is 132 Å². The van der Waals surface area contributed by atoms with Crippen LogP contribution in [0.1, 0.15) is 0 Å². The van der Waals surface area contributed by atoms with Gasteiger partial charge in [0, 0.05) is 0 Å². The Hall–Kier alpha value is -1.70. The highest BCUT2D eigenvalue weighted by Gasteiger charge is 2.95. The van der Waals surface area contributed by atoms with Crippen LogP contribution in [0.15, 0.2) is 24.3 Å². The van der Waals surface area contributed by atoms with Crippen molar-refractivity contribution >= 4 is 11.9 Å². The lowest BCUT2D eigenvalue weighted by atomic mass is 9.45. The molecule has 3 saturated heterocycles. The molecule has 5 aliphatic rings. The minimum atomic E-state index is -1.34. The average Bonchev–Trinajstić information content (AvgIpc) is 3.28. The zero-order chi connectivity index (χ0) is 16.1. The third kappa shape index (κ3) is 0.980. The van der Waals surface area contributed by atoms with E-state index in [4.69, 9.17) is 23.7 Å². The van der Waals surface area contributed by atoms with Crippen molar-refractivity contribution in [2.24, 2.45) is 10.8 Å². The van der Waals surface area contributed by atoms with E-state index in [1.54, 1.807) is 12.2 Å². The molecular formula is C16H16O7. The predicted molar refractivity (Wildman–Crippen MR) is 73.2 cm³/mol. The molecule has 23 heavy (non-hydrogen) atoms. The van der Waals surface area contributed by atoms with Crippen molar-refractivity contribution in [3.05, 3.63) is 24.3 Å². The Bertz CT molecular complexity index is 659. The third-order valence-corrected chi connectivity index (χ3v) is 6.19. The van der Waals surface area contributed by atoms with Crippen molar-refractivity contribution in [1.82, 2.24) is 0 Å². The minimum absolute atomic E-state index is 0.166. The maximum Gasteiger partial charge on any atom is 0.320 e. The number of esters is 2. The molecule has 0 aromatic heterocycles. The summed E-state index contributed by atoms with van der Waals surface area (Å²) in [6, 6.07) is 0. The minimum Gasteiger partial charge on any atom is -0.468 e.